The van der Waals surface area contributed by atoms with Crippen molar-refractivity contribution < 1.29 is 9.52 Å². The Bertz CT molecular complexity index is 901. The molecular formula is C20H20N2O2. The van der Waals surface area contributed by atoms with Gasteiger partial charge in [0.25, 0.3) is 0 Å². The lowest BCUT2D eigenvalue weighted by atomic mass is 10.2. The minimum absolute atomic E-state index is 0.250. The number of aromatic nitrogens is 1. The van der Waals surface area contributed by atoms with Crippen molar-refractivity contribution in [2.24, 2.45) is 0 Å². The van der Waals surface area contributed by atoms with Crippen LogP contribution in [0.5, 0.6) is 0 Å². The number of fused-ring (bicyclic) bond motifs is 3. The van der Waals surface area contributed by atoms with E-state index in [0.29, 0.717) is 6.54 Å². The van der Waals surface area contributed by atoms with E-state index in [0.717, 1.165) is 16.8 Å². The summed E-state index contributed by atoms with van der Waals surface area (Å²) in [5, 5.41) is 16.2. The number of hydrogen-bond acceptors (Lipinski definition) is 3. The van der Waals surface area contributed by atoms with E-state index >= 15 is 0 Å². The smallest absolute Gasteiger partial charge is 0.117 e. The van der Waals surface area contributed by atoms with Crippen LogP contribution in [0.2, 0.25) is 0 Å². The fourth-order valence-electron chi connectivity index (χ4n) is 3.35. The molecule has 0 spiro atoms. The first-order valence-corrected chi connectivity index (χ1v) is 8.17. The Labute approximate surface area is 140 Å². The molecule has 4 aromatic rings. The number of nitrogens with zero attached hydrogens (tertiary/aromatic N) is 1. The van der Waals surface area contributed by atoms with Gasteiger partial charge in [-0.25, -0.2) is 0 Å². The average molecular weight is 320 g/mol. The first-order valence-electron chi connectivity index (χ1n) is 8.17. The Balaban J connectivity index is 1.84. The molecule has 24 heavy (non-hydrogen) atoms. The molecule has 4 rings (SSSR count). The molecule has 2 aromatic carbocycles. The Morgan fingerprint density at radius 1 is 0.958 bits per heavy atom. The van der Waals surface area contributed by atoms with Crippen LogP contribution < -0.4 is 5.32 Å². The molecule has 0 saturated carbocycles. The molecule has 2 aromatic heterocycles. The summed E-state index contributed by atoms with van der Waals surface area (Å²) in [6.45, 7) is 2.37. The zero-order valence-electron chi connectivity index (χ0n) is 13.5. The predicted octanol–water partition coefficient (Wildman–Crippen LogP) is 4.06. The van der Waals surface area contributed by atoms with Crippen LogP contribution in [0.1, 0.15) is 18.8 Å². The maximum absolute atomic E-state index is 10.4. The van der Waals surface area contributed by atoms with Crippen LogP contribution in [-0.2, 0) is 6.54 Å². The summed E-state index contributed by atoms with van der Waals surface area (Å²) >= 11 is 0. The van der Waals surface area contributed by atoms with E-state index < -0.39 is 6.10 Å². The number of aliphatic hydroxyl groups is 1. The Hall–Kier alpha value is -2.56. The van der Waals surface area contributed by atoms with Crippen molar-refractivity contribution in [1.82, 2.24) is 9.88 Å². The number of furan rings is 1. The molecule has 122 valence electrons. The fraction of sp³-hybridized carbons (Fsp3) is 0.200. The second kappa shape index (κ2) is 6.15. The highest BCUT2D eigenvalue weighted by Gasteiger charge is 2.21. The van der Waals surface area contributed by atoms with Crippen molar-refractivity contribution in [3.05, 3.63) is 72.7 Å². The Morgan fingerprint density at radius 2 is 1.58 bits per heavy atom. The second-order valence-electron chi connectivity index (χ2n) is 6.05. The largest absolute Gasteiger partial charge is 0.468 e. The van der Waals surface area contributed by atoms with Crippen LogP contribution in [0, 0.1) is 0 Å². The normalized spacial score (nSPS) is 14.2. The molecule has 4 nitrogen and oxygen atoms in total. The van der Waals surface area contributed by atoms with E-state index in [9.17, 15) is 5.11 Å². The summed E-state index contributed by atoms with van der Waals surface area (Å²) in [6.07, 6.45) is 0.855. The van der Waals surface area contributed by atoms with Crippen molar-refractivity contribution in [1.29, 1.82) is 0 Å². The van der Waals surface area contributed by atoms with Gasteiger partial charge in [-0.05, 0) is 31.2 Å². The molecule has 4 heteroatoms. The van der Waals surface area contributed by atoms with Crippen molar-refractivity contribution in [2.45, 2.75) is 25.7 Å². The fourth-order valence-corrected chi connectivity index (χ4v) is 3.35. The van der Waals surface area contributed by atoms with Gasteiger partial charge in [0.15, 0.2) is 0 Å². The van der Waals surface area contributed by atoms with E-state index in [4.69, 9.17) is 4.42 Å². The van der Waals surface area contributed by atoms with Crippen molar-refractivity contribution in [3.63, 3.8) is 0 Å². The molecule has 2 atom stereocenters. The summed E-state index contributed by atoms with van der Waals surface area (Å²) in [5.41, 5.74) is 2.22. The van der Waals surface area contributed by atoms with Gasteiger partial charge < -0.3 is 14.1 Å². The monoisotopic (exact) mass is 320 g/mol. The highest BCUT2D eigenvalue weighted by atomic mass is 16.3. The highest BCUT2D eigenvalue weighted by Crippen LogP contribution is 2.32. The molecule has 0 radical (unpaired) electrons. The summed E-state index contributed by atoms with van der Waals surface area (Å²) in [7, 11) is 0. The number of aliphatic hydroxyl groups excluding tert-OH is 1. The van der Waals surface area contributed by atoms with E-state index in [-0.39, 0.29) is 6.17 Å². The molecule has 0 amide bonds. The van der Waals surface area contributed by atoms with E-state index in [2.05, 4.69) is 34.1 Å². The Kier molecular flexibility index (Phi) is 3.84. The lowest BCUT2D eigenvalue weighted by molar-refractivity contribution is 0.112. The standard InChI is InChI=1S/C20H20N2O2/c1-14(23)20(21-13-15-7-6-12-24-15)22-18-10-4-2-8-16(18)17-9-3-5-11-19(17)22/h2-12,14,20-21,23H,13H2,1H3. The molecule has 0 aliphatic carbocycles. The minimum Gasteiger partial charge on any atom is -0.468 e. The van der Waals surface area contributed by atoms with Crippen LogP contribution in [0.25, 0.3) is 21.8 Å². The third-order valence-electron chi connectivity index (χ3n) is 4.42. The average Bonchev–Trinajstić information content (AvgIpc) is 3.22. The molecule has 0 bridgehead atoms. The molecule has 2 unspecified atom stereocenters. The van der Waals surface area contributed by atoms with Crippen LogP contribution in [0.3, 0.4) is 0 Å². The quantitative estimate of drug-likeness (QED) is 0.583. The van der Waals surface area contributed by atoms with Crippen LogP contribution in [0.15, 0.2) is 71.3 Å². The lowest BCUT2D eigenvalue weighted by Gasteiger charge is -2.25. The molecule has 2 heterocycles. The number of nitrogens with one attached hydrogen (secondary N) is 1. The zero-order valence-corrected chi connectivity index (χ0v) is 13.5. The summed E-state index contributed by atoms with van der Waals surface area (Å²) in [5.74, 6) is 0.849. The van der Waals surface area contributed by atoms with Crippen LogP contribution >= 0.6 is 0 Å². The molecular weight excluding hydrogens is 300 g/mol. The van der Waals surface area contributed by atoms with Gasteiger partial charge in [-0.15, -0.1) is 0 Å². The van der Waals surface area contributed by atoms with Gasteiger partial charge in [-0.2, -0.15) is 0 Å². The summed E-state index contributed by atoms with van der Waals surface area (Å²) < 4.78 is 7.58. The van der Waals surface area contributed by atoms with Crippen molar-refractivity contribution in [3.8, 4) is 0 Å². The first-order chi connectivity index (χ1) is 11.8. The van der Waals surface area contributed by atoms with Gasteiger partial charge in [0.2, 0.25) is 0 Å². The predicted molar refractivity (Wildman–Crippen MR) is 95.7 cm³/mol. The maximum Gasteiger partial charge on any atom is 0.117 e. The lowest BCUT2D eigenvalue weighted by Crippen LogP contribution is -2.34. The molecule has 0 fully saturated rings. The van der Waals surface area contributed by atoms with Crippen LogP contribution in [-0.4, -0.2) is 15.8 Å². The third kappa shape index (κ3) is 2.50. The topological polar surface area (TPSA) is 50.3 Å². The van der Waals surface area contributed by atoms with Gasteiger partial charge in [0.05, 0.1) is 29.9 Å². The third-order valence-corrected chi connectivity index (χ3v) is 4.42. The number of para-hydroxylation sites is 2. The first kappa shape index (κ1) is 15.0. The molecule has 0 aliphatic rings. The van der Waals surface area contributed by atoms with Gasteiger partial charge >= 0.3 is 0 Å². The highest BCUT2D eigenvalue weighted by molar-refractivity contribution is 6.08. The summed E-state index contributed by atoms with van der Waals surface area (Å²) in [6, 6.07) is 20.4. The van der Waals surface area contributed by atoms with Gasteiger partial charge in [-0.1, -0.05) is 36.4 Å². The van der Waals surface area contributed by atoms with Crippen LogP contribution in [0.4, 0.5) is 0 Å². The number of rotatable bonds is 5. The number of hydrogen-bond donors (Lipinski definition) is 2. The van der Waals surface area contributed by atoms with Gasteiger partial charge in [0, 0.05) is 10.8 Å². The van der Waals surface area contributed by atoms with Gasteiger partial charge in [-0.3, -0.25) is 5.32 Å². The van der Waals surface area contributed by atoms with E-state index in [1.807, 2.05) is 43.3 Å². The van der Waals surface area contributed by atoms with Crippen molar-refractivity contribution >= 4 is 21.8 Å². The maximum atomic E-state index is 10.4. The molecule has 0 aliphatic heterocycles. The summed E-state index contributed by atoms with van der Waals surface area (Å²) in [4.78, 5) is 0. The Morgan fingerprint density at radius 3 is 2.12 bits per heavy atom. The van der Waals surface area contributed by atoms with E-state index in [1.54, 1.807) is 6.26 Å². The second-order valence-corrected chi connectivity index (χ2v) is 6.05. The zero-order chi connectivity index (χ0) is 16.5. The number of benzene rings is 2. The minimum atomic E-state index is -0.556. The van der Waals surface area contributed by atoms with E-state index in [1.165, 1.54) is 10.8 Å². The molecule has 2 N–H and O–H groups in total. The molecule has 0 saturated heterocycles. The van der Waals surface area contributed by atoms with Crippen molar-refractivity contribution in [2.75, 3.05) is 0 Å². The van der Waals surface area contributed by atoms with Gasteiger partial charge in [0.1, 0.15) is 11.9 Å². The SMILES string of the molecule is CC(O)C(NCc1ccco1)n1c2ccccc2c2ccccc21.